The van der Waals surface area contributed by atoms with Crippen molar-refractivity contribution in [3.8, 4) is 0 Å². The second kappa shape index (κ2) is 6.15. The average molecular weight is 310 g/mol. The Morgan fingerprint density at radius 3 is 2.32 bits per heavy atom. The summed E-state index contributed by atoms with van der Waals surface area (Å²) < 4.78 is 0. The van der Waals surface area contributed by atoms with Gasteiger partial charge < -0.3 is 5.11 Å². The van der Waals surface area contributed by atoms with Crippen LogP contribution in [0.4, 0.5) is 0 Å². The minimum Gasteiger partial charge on any atom is -0.481 e. The van der Waals surface area contributed by atoms with Gasteiger partial charge in [-0.05, 0) is 19.1 Å². The maximum atomic E-state index is 11.2. The first-order chi connectivity index (χ1) is 10.7. The van der Waals surface area contributed by atoms with Gasteiger partial charge in [-0.2, -0.15) is 5.10 Å². The van der Waals surface area contributed by atoms with Crippen LogP contribution >= 0.6 is 11.8 Å². The van der Waals surface area contributed by atoms with Gasteiger partial charge in [0.2, 0.25) is 0 Å². The Labute approximate surface area is 132 Å². The molecule has 0 aliphatic carbocycles. The Kier molecular flexibility index (Phi) is 4.06. The molecule has 110 valence electrons. The highest BCUT2D eigenvalue weighted by molar-refractivity contribution is 7.99. The topological polar surface area (TPSA) is 63.1 Å². The number of aromatic nitrogens is 2. The number of hydrogen-bond donors (Lipinski definition) is 1. The van der Waals surface area contributed by atoms with E-state index in [1.165, 1.54) is 11.8 Å². The largest absolute Gasteiger partial charge is 0.481 e. The normalized spacial score (nSPS) is 12.2. The van der Waals surface area contributed by atoms with Gasteiger partial charge >= 0.3 is 5.97 Å². The van der Waals surface area contributed by atoms with Gasteiger partial charge in [0.1, 0.15) is 5.03 Å². The van der Waals surface area contributed by atoms with Gasteiger partial charge in [-0.25, -0.2) is 0 Å². The molecule has 0 bridgehead atoms. The molecule has 1 heterocycles. The summed E-state index contributed by atoms with van der Waals surface area (Å²) in [5.41, 5.74) is 0.500. The van der Waals surface area contributed by atoms with E-state index < -0.39 is 11.9 Å². The molecule has 5 heteroatoms. The van der Waals surface area contributed by atoms with Crippen molar-refractivity contribution in [2.75, 3.05) is 0 Å². The van der Waals surface area contributed by atoms with Crippen molar-refractivity contribution in [3.63, 3.8) is 0 Å². The lowest BCUT2D eigenvalue weighted by atomic mass is 10.0. The van der Waals surface area contributed by atoms with E-state index in [1.54, 1.807) is 6.92 Å². The van der Waals surface area contributed by atoms with E-state index in [-0.39, 0.29) is 0 Å². The first-order valence-electron chi connectivity index (χ1n) is 6.88. The van der Waals surface area contributed by atoms with Gasteiger partial charge in [0, 0.05) is 15.7 Å². The number of carboxylic acids is 1. The average Bonchev–Trinajstić information content (AvgIpc) is 2.55. The molecule has 1 N–H and O–H groups in total. The molecule has 0 aliphatic rings. The lowest BCUT2D eigenvalue weighted by Gasteiger charge is -2.11. The Balaban J connectivity index is 2.10. The van der Waals surface area contributed by atoms with Crippen LogP contribution in [0.15, 0.2) is 64.5 Å². The first kappa shape index (κ1) is 14.5. The number of carboxylic acid groups (broad SMARTS) is 1. The third kappa shape index (κ3) is 2.80. The lowest BCUT2D eigenvalue weighted by molar-refractivity contribution is -0.138. The third-order valence-corrected chi connectivity index (χ3v) is 4.42. The van der Waals surface area contributed by atoms with Crippen molar-refractivity contribution < 1.29 is 9.90 Å². The predicted molar refractivity (Wildman–Crippen MR) is 86.2 cm³/mol. The molecule has 0 radical (unpaired) electrons. The molecule has 0 fully saturated rings. The molecule has 0 saturated carbocycles. The fourth-order valence-electron chi connectivity index (χ4n) is 2.21. The summed E-state index contributed by atoms with van der Waals surface area (Å²) in [4.78, 5) is 12.3. The van der Waals surface area contributed by atoms with E-state index in [2.05, 4.69) is 10.2 Å². The number of rotatable bonds is 4. The SMILES string of the molecule is CC(C(=O)O)c1nnc(Sc2ccccc2)c2ccccc12. The highest BCUT2D eigenvalue weighted by Crippen LogP contribution is 2.33. The van der Waals surface area contributed by atoms with Gasteiger partial charge in [0.25, 0.3) is 0 Å². The monoisotopic (exact) mass is 310 g/mol. The molecule has 22 heavy (non-hydrogen) atoms. The highest BCUT2D eigenvalue weighted by atomic mass is 32.2. The van der Waals surface area contributed by atoms with Crippen LogP contribution in [0.1, 0.15) is 18.5 Å². The summed E-state index contributed by atoms with van der Waals surface area (Å²) in [7, 11) is 0. The van der Waals surface area contributed by atoms with Crippen LogP contribution in [-0.2, 0) is 4.79 Å². The molecule has 4 nitrogen and oxygen atoms in total. The molecular weight excluding hydrogens is 296 g/mol. The van der Waals surface area contributed by atoms with Gasteiger partial charge in [0.15, 0.2) is 0 Å². The fraction of sp³-hybridized carbons (Fsp3) is 0.118. The number of hydrogen-bond acceptors (Lipinski definition) is 4. The number of nitrogens with zero attached hydrogens (tertiary/aromatic N) is 2. The molecule has 0 spiro atoms. The Morgan fingerprint density at radius 2 is 1.64 bits per heavy atom. The van der Waals surface area contributed by atoms with E-state index in [9.17, 15) is 9.90 Å². The molecule has 1 atom stereocenters. The minimum atomic E-state index is -0.900. The van der Waals surface area contributed by atoms with Crippen LogP contribution < -0.4 is 0 Å². The van der Waals surface area contributed by atoms with Crippen molar-refractivity contribution in [1.29, 1.82) is 0 Å². The van der Waals surface area contributed by atoms with Gasteiger partial charge in [-0.1, -0.05) is 54.2 Å². The zero-order chi connectivity index (χ0) is 15.5. The van der Waals surface area contributed by atoms with Crippen LogP contribution in [0.2, 0.25) is 0 Å². The van der Waals surface area contributed by atoms with E-state index in [1.807, 2.05) is 54.6 Å². The summed E-state index contributed by atoms with van der Waals surface area (Å²) in [6.45, 7) is 1.63. The number of fused-ring (bicyclic) bond motifs is 1. The molecule has 0 aliphatic heterocycles. The van der Waals surface area contributed by atoms with Crippen molar-refractivity contribution in [2.24, 2.45) is 0 Å². The summed E-state index contributed by atoms with van der Waals surface area (Å²) >= 11 is 1.52. The maximum absolute atomic E-state index is 11.2. The standard InChI is InChI=1S/C17H14N2O2S/c1-11(17(20)21)15-13-9-5-6-10-14(13)16(19-18-15)22-12-7-3-2-4-8-12/h2-11H,1H3,(H,20,21). The summed E-state index contributed by atoms with van der Waals surface area (Å²) in [5.74, 6) is -1.59. The fourth-order valence-corrected chi connectivity index (χ4v) is 3.10. The molecule has 3 rings (SSSR count). The van der Waals surface area contributed by atoms with Crippen molar-refractivity contribution >= 4 is 28.5 Å². The predicted octanol–water partition coefficient (Wildman–Crippen LogP) is 3.97. The molecule has 1 unspecified atom stereocenters. The smallest absolute Gasteiger partial charge is 0.312 e. The number of carbonyl (C=O) groups is 1. The van der Waals surface area contributed by atoms with Gasteiger partial charge in [-0.15, -0.1) is 5.10 Å². The van der Waals surface area contributed by atoms with Crippen LogP contribution in [-0.4, -0.2) is 21.3 Å². The molecule has 1 aromatic heterocycles. The molecule has 0 amide bonds. The summed E-state index contributed by atoms with van der Waals surface area (Å²) in [6, 6.07) is 17.6. The zero-order valence-electron chi connectivity index (χ0n) is 11.9. The summed E-state index contributed by atoms with van der Waals surface area (Å²) in [5, 5.41) is 20.2. The van der Waals surface area contributed by atoms with Crippen LogP contribution in [0.5, 0.6) is 0 Å². The van der Waals surface area contributed by atoms with Crippen molar-refractivity contribution in [2.45, 2.75) is 22.8 Å². The minimum absolute atomic E-state index is 0.500. The molecule has 3 aromatic rings. The Bertz CT molecular complexity index is 821. The molecule has 2 aromatic carbocycles. The zero-order valence-corrected chi connectivity index (χ0v) is 12.7. The first-order valence-corrected chi connectivity index (χ1v) is 7.69. The van der Waals surface area contributed by atoms with Gasteiger partial charge in [-0.3, -0.25) is 4.79 Å². The maximum Gasteiger partial charge on any atom is 0.312 e. The highest BCUT2D eigenvalue weighted by Gasteiger charge is 2.20. The summed E-state index contributed by atoms with van der Waals surface area (Å²) in [6.07, 6.45) is 0. The lowest BCUT2D eigenvalue weighted by Crippen LogP contribution is -2.11. The number of benzene rings is 2. The second-order valence-electron chi connectivity index (χ2n) is 4.91. The van der Waals surface area contributed by atoms with E-state index >= 15 is 0 Å². The van der Waals surface area contributed by atoms with E-state index in [4.69, 9.17) is 0 Å². The van der Waals surface area contributed by atoms with Crippen LogP contribution in [0.25, 0.3) is 10.8 Å². The van der Waals surface area contributed by atoms with Crippen molar-refractivity contribution in [1.82, 2.24) is 10.2 Å². The van der Waals surface area contributed by atoms with Gasteiger partial charge in [0.05, 0.1) is 11.6 Å². The second-order valence-corrected chi connectivity index (χ2v) is 5.97. The Hall–Kier alpha value is -2.40. The quantitative estimate of drug-likeness (QED) is 0.790. The van der Waals surface area contributed by atoms with E-state index in [0.717, 1.165) is 20.7 Å². The molecular formula is C17H14N2O2S. The number of aliphatic carboxylic acids is 1. The third-order valence-electron chi connectivity index (χ3n) is 3.42. The van der Waals surface area contributed by atoms with Crippen LogP contribution in [0, 0.1) is 0 Å². The van der Waals surface area contributed by atoms with E-state index in [0.29, 0.717) is 5.69 Å². The molecule has 0 saturated heterocycles. The van der Waals surface area contributed by atoms with Crippen molar-refractivity contribution in [3.05, 3.63) is 60.3 Å². The van der Waals surface area contributed by atoms with Crippen LogP contribution in [0.3, 0.4) is 0 Å². The Morgan fingerprint density at radius 1 is 1.00 bits per heavy atom.